The molecule has 0 saturated carbocycles. The van der Waals surface area contributed by atoms with Gasteiger partial charge in [-0.3, -0.25) is 9.36 Å². The van der Waals surface area contributed by atoms with Crippen LogP contribution in [-0.2, 0) is 4.79 Å². The highest BCUT2D eigenvalue weighted by Gasteiger charge is 2.17. The van der Waals surface area contributed by atoms with Crippen LogP contribution in [0.4, 0.5) is 0 Å². The highest BCUT2D eigenvalue weighted by molar-refractivity contribution is 7.99. The van der Waals surface area contributed by atoms with Crippen molar-refractivity contribution in [2.45, 2.75) is 5.16 Å². The summed E-state index contributed by atoms with van der Waals surface area (Å²) in [6.07, 6.45) is 1.51. The maximum Gasteiger partial charge on any atom is 0.250 e. The Kier molecular flexibility index (Phi) is 7.01. The number of methoxy groups -OCH3 is 1. The summed E-state index contributed by atoms with van der Waals surface area (Å²) >= 11 is 1.26. The van der Waals surface area contributed by atoms with E-state index in [0.29, 0.717) is 11.0 Å². The number of ether oxygens (including phenoxy) is 1. The zero-order valence-corrected chi connectivity index (χ0v) is 18.6. The third-order valence-electron chi connectivity index (χ3n) is 4.62. The molecule has 8 nitrogen and oxygen atoms in total. The smallest absolute Gasteiger partial charge is 0.250 e. The molecule has 1 amide bonds. The van der Waals surface area contributed by atoms with Gasteiger partial charge in [-0.15, -0.1) is 10.2 Å². The van der Waals surface area contributed by atoms with Crippen LogP contribution in [0.25, 0.3) is 17.1 Å². The molecule has 4 aromatic rings. The highest BCUT2D eigenvalue weighted by atomic mass is 32.2. The summed E-state index contributed by atoms with van der Waals surface area (Å²) in [7, 11) is 1.62. The molecule has 0 unspecified atom stereocenters. The molecule has 0 aliphatic heterocycles. The van der Waals surface area contributed by atoms with Gasteiger partial charge < -0.3 is 9.84 Å². The minimum atomic E-state index is -0.277. The second-order valence-corrected chi connectivity index (χ2v) is 7.82. The Morgan fingerprint density at radius 3 is 2.48 bits per heavy atom. The van der Waals surface area contributed by atoms with E-state index in [1.165, 1.54) is 18.0 Å². The third-order valence-corrected chi connectivity index (χ3v) is 5.55. The van der Waals surface area contributed by atoms with Crippen LogP contribution >= 0.6 is 11.8 Å². The largest absolute Gasteiger partial charge is 0.508 e. The number of phenols is 1. The number of aromatic hydroxyl groups is 1. The van der Waals surface area contributed by atoms with Crippen molar-refractivity contribution in [1.82, 2.24) is 20.2 Å². The van der Waals surface area contributed by atoms with Gasteiger partial charge in [0, 0.05) is 11.3 Å². The Hall–Kier alpha value is -4.11. The quantitative estimate of drug-likeness (QED) is 0.235. The number of nitrogens with zero attached hydrogens (tertiary/aromatic N) is 4. The monoisotopic (exact) mass is 459 g/mol. The first kappa shape index (κ1) is 22.1. The predicted molar refractivity (Wildman–Crippen MR) is 128 cm³/mol. The predicted octanol–water partition coefficient (Wildman–Crippen LogP) is 3.89. The maximum atomic E-state index is 12.3. The van der Waals surface area contributed by atoms with Crippen molar-refractivity contribution in [2.75, 3.05) is 12.9 Å². The summed E-state index contributed by atoms with van der Waals surface area (Å²) in [5, 5.41) is 22.6. The van der Waals surface area contributed by atoms with Gasteiger partial charge in [-0.25, -0.2) is 5.43 Å². The van der Waals surface area contributed by atoms with Gasteiger partial charge >= 0.3 is 0 Å². The molecule has 33 heavy (non-hydrogen) atoms. The molecular weight excluding hydrogens is 438 g/mol. The van der Waals surface area contributed by atoms with Gasteiger partial charge in [0.05, 0.1) is 19.1 Å². The Balaban J connectivity index is 1.50. The number of amides is 1. The average molecular weight is 460 g/mol. The summed E-state index contributed by atoms with van der Waals surface area (Å²) in [5.41, 5.74) is 5.03. The van der Waals surface area contributed by atoms with Crippen molar-refractivity contribution in [3.8, 4) is 28.6 Å². The number of carbonyl (C=O) groups excluding carboxylic acids is 1. The van der Waals surface area contributed by atoms with E-state index in [1.54, 1.807) is 31.4 Å². The Morgan fingerprint density at radius 2 is 1.79 bits per heavy atom. The zero-order chi connectivity index (χ0) is 23.0. The molecule has 0 aliphatic rings. The number of carbonyl (C=O) groups is 1. The number of hydrazone groups is 1. The van der Waals surface area contributed by atoms with Crippen molar-refractivity contribution in [1.29, 1.82) is 0 Å². The van der Waals surface area contributed by atoms with Crippen LogP contribution in [0.2, 0.25) is 0 Å². The summed E-state index contributed by atoms with van der Waals surface area (Å²) in [4.78, 5) is 12.3. The molecule has 1 aromatic heterocycles. The Morgan fingerprint density at radius 1 is 1.06 bits per heavy atom. The van der Waals surface area contributed by atoms with E-state index in [-0.39, 0.29) is 17.4 Å². The average Bonchev–Trinajstić information content (AvgIpc) is 3.28. The van der Waals surface area contributed by atoms with Gasteiger partial charge in [0.1, 0.15) is 11.5 Å². The van der Waals surface area contributed by atoms with Gasteiger partial charge in [-0.1, -0.05) is 42.1 Å². The van der Waals surface area contributed by atoms with Crippen LogP contribution in [0.1, 0.15) is 5.56 Å². The van der Waals surface area contributed by atoms with Gasteiger partial charge in [0.15, 0.2) is 11.0 Å². The SMILES string of the molecule is COc1ccc(-n2c(SCC(=O)NN=Cc3ccc(O)cc3)nnc2-c2ccccc2)cc1. The van der Waals surface area contributed by atoms with E-state index in [0.717, 1.165) is 22.6 Å². The lowest BCUT2D eigenvalue weighted by Gasteiger charge is -2.11. The number of phenolic OH excluding ortho intramolecular Hbond substituents is 1. The van der Waals surface area contributed by atoms with E-state index >= 15 is 0 Å². The van der Waals surface area contributed by atoms with E-state index < -0.39 is 0 Å². The van der Waals surface area contributed by atoms with Crippen molar-refractivity contribution >= 4 is 23.9 Å². The first-order valence-corrected chi connectivity index (χ1v) is 11.0. The van der Waals surface area contributed by atoms with Crippen LogP contribution in [0.3, 0.4) is 0 Å². The molecule has 3 aromatic carbocycles. The standard InChI is InChI=1S/C24H21N5O3S/c1-32-21-13-9-19(10-14-21)29-23(18-5-3-2-4-6-18)27-28-24(29)33-16-22(31)26-25-15-17-7-11-20(30)12-8-17/h2-15,30H,16H2,1H3,(H,26,31). The van der Waals surface area contributed by atoms with Crippen LogP contribution < -0.4 is 10.2 Å². The van der Waals surface area contributed by atoms with E-state index in [4.69, 9.17) is 4.74 Å². The molecule has 0 fully saturated rings. The molecule has 2 N–H and O–H groups in total. The number of benzene rings is 3. The number of hydrogen-bond acceptors (Lipinski definition) is 7. The normalized spacial score (nSPS) is 10.9. The van der Waals surface area contributed by atoms with Gasteiger partial charge in [-0.2, -0.15) is 5.10 Å². The second-order valence-electron chi connectivity index (χ2n) is 6.88. The molecular formula is C24H21N5O3S. The molecule has 166 valence electrons. The molecule has 0 saturated heterocycles. The fourth-order valence-corrected chi connectivity index (χ4v) is 3.75. The van der Waals surface area contributed by atoms with Gasteiger partial charge in [-0.05, 0) is 54.1 Å². The molecule has 0 atom stereocenters. The molecule has 0 radical (unpaired) electrons. The van der Waals surface area contributed by atoms with Crippen LogP contribution in [0.5, 0.6) is 11.5 Å². The van der Waals surface area contributed by atoms with Crippen molar-refractivity contribution in [3.63, 3.8) is 0 Å². The van der Waals surface area contributed by atoms with Crippen molar-refractivity contribution in [2.24, 2.45) is 5.10 Å². The highest BCUT2D eigenvalue weighted by Crippen LogP contribution is 2.28. The lowest BCUT2D eigenvalue weighted by Crippen LogP contribution is -2.20. The van der Waals surface area contributed by atoms with Gasteiger partial charge in [0.25, 0.3) is 5.91 Å². The molecule has 4 rings (SSSR count). The van der Waals surface area contributed by atoms with E-state index in [2.05, 4.69) is 20.7 Å². The van der Waals surface area contributed by atoms with Crippen molar-refractivity contribution < 1.29 is 14.6 Å². The molecule has 0 spiro atoms. The van der Waals surface area contributed by atoms with Crippen LogP contribution in [0.15, 0.2) is 89.1 Å². The fraction of sp³-hybridized carbons (Fsp3) is 0.0833. The third kappa shape index (κ3) is 5.58. The Labute approximate surface area is 194 Å². The number of rotatable bonds is 8. The molecule has 9 heteroatoms. The number of aromatic nitrogens is 3. The van der Waals surface area contributed by atoms with Crippen LogP contribution in [-0.4, -0.2) is 44.9 Å². The maximum absolute atomic E-state index is 12.3. The van der Waals surface area contributed by atoms with E-state index in [9.17, 15) is 9.90 Å². The molecule has 0 aliphatic carbocycles. The number of thioether (sulfide) groups is 1. The van der Waals surface area contributed by atoms with Gasteiger partial charge in [0.2, 0.25) is 0 Å². The minimum absolute atomic E-state index is 0.107. The molecule has 0 bridgehead atoms. The molecule has 1 heterocycles. The summed E-state index contributed by atoms with van der Waals surface area (Å²) in [5.74, 6) is 1.42. The van der Waals surface area contributed by atoms with Crippen LogP contribution in [0, 0.1) is 0 Å². The summed E-state index contributed by atoms with van der Waals surface area (Å²) < 4.78 is 7.17. The zero-order valence-electron chi connectivity index (χ0n) is 17.8. The van der Waals surface area contributed by atoms with Crippen molar-refractivity contribution in [3.05, 3.63) is 84.4 Å². The topological polar surface area (TPSA) is 102 Å². The Bertz CT molecular complexity index is 1240. The fourth-order valence-electron chi connectivity index (χ4n) is 3.00. The summed E-state index contributed by atoms with van der Waals surface area (Å²) in [6, 6.07) is 23.8. The first-order valence-electron chi connectivity index (χ1n) is 10.0. The van der Waals surface area contributed by atoms with E-state index in [1.807, 2.05) is 59.2 Å². The summed E-state index contributed by atoms with van der Waals surface area (Å²) in [6.45, 7) is 0. The number of hydrogen-bond donors (Lipinski definition) is 2. The lowest BCUT2D eigenvalue weighted by atomic mass is 10.2. The minimum Gasteiger partial charge on any atom is -0.508 e. The second kappa shape index (κ2) is 10.5. The first-order chi connectivity index (χ1) is 16.1. The lowest BCUT2D eigenvalue weighted by molar-refractivity contribution is -0.118. The number of nitrogens with one attached hydrogen (secondary N) is 1.